The minimum Gasteiger partial charge on any atom is -0.482 e. The van der Waals surface area contributed by atoms with Crippen molar-refractivity contribution in [3.05, 3.63) is 59.9 Å². The molecule has 0 aliphatic carbocycles. The van der Waals surface area contributed by atoms with Gasteiger partial charge in [0.1, 0.15) is 11.3 Å². The molecule has 0 atom stereocenters. The van der Waals surface area contributed by atoms with Crippen LogP contribution >= 0.6 is 0 Å². The van der Waals surface area contributed by atoms with Gasteiger partial charge in [0.15, 0.2) is 12.4 Å². The van der Waals surface area contributed by atoms with Crippen molar-refractivity contribution >= 4 is 28.3 Å². The third kappa shape index (κ3) is 2.17. The standard InChI is InChI=1S/C18H13NO4/c1-19-13-8-12(6-7-15(13)22-10-17(19)20)18(21)16-9-11-4-2-3-5-14(11)23-16/h2-9H,10H2,1H3. The zero-order valence-electron chi connectivity index (χ0n) is 12.4. The van der Waals surface area contributed by atoms with Crippen LogP contribution in [-0.2, 0) is 4.79 Å². The van der Waals surface area contributed by atoms with Crippen LogP contribution in [0.1, 0.15) is 16.1 Å². The molecule has 0 saturated carbocycles. The van der Waals surface area contributed by atoms with E-state index in [9.17, 15) is 9.59 Å². The van der Waals surface area contributed by atoms with Crippen LogP contribution in [-0.4, -0.2) is 25.3 Å². The van der Waals surface area contributed by atoms with Gasteiger partial charge in [0.2, 0.25) is 5.78 Å². The van der Waals surface area contributed by atoms with Crippen LogP contribution in [0.4, 0.5) is 5.69 Å². The van der Waals surface area contributed by atoms with Crippen molar-refractivity contribution in [3.8, 4) is 5.75 Å². The first-order chi connectivity index (χ1) is 11.1. The number of ether oxygens (including phenoxy) is 1. The molecule has 0 radical (unpaired) electrons. The lowest BCUT2D eigenvalue weighted by atomic mass is 10.1. The van der Waals surface area contributed by atoms with Gasteiger partial charge < -0.3 is 14.1 Å². The summed E-state index contributed by atoms with van der Waals surface area (Å²) in [6.45, 7) is 0.0143. The lowest BCUT2D eigenvalue weighted by Gasteiger charge is -2.26. The molecule has 3 aromatic rings. The number of anilines is 1. The number of para-hydroxylation sites is 1. The molecule has 1 amide bonds. The molecule has 4 rings (SSSR count). The van der Waals surface area contributed by atoms with Crippen molar-refractivity contribution in [2.45, 2.75) is 0 Å². The molecule has 2 aromatic carbocycles. The van der Waals surface area contributed by atoms with Gasteiger partial charge >= 0.3 is 0 Å². The highest BCUT2D eigenvalue weighted by molar-refractivity contribution is 6.10. The fourth-order valence-electron chi connectivity index (χ4n) is 2.65. The predicted molar refractivity (Wildman–Crippen MR) is 85.0 cm³/mol. The molecule has 1 aliphatic heterocycles. The quantitative estimate of drug-likeness (QED) is 0.683. The number of carbonyl (C=O) groups is 2. The van der Waals surface area contributed by atoms with Crippen molar-refractivity contribution < 1.29 is 18.7 Å². The Hall–Kier alpha value is -3.08. The molecule has 0 fully saturated rings. The average molecular weight is 307 g/mol. The van der Waals surface area contributed by atoms with Crippen molar-refractivity contribution in [3.63, 3.8) is 0 Å². The van der Waals surface area contributed by atoms with Gasteiger partial charge in [-0.2, -0.15) is 0 Å². The van der Waals surface area contributed by atoms with Crippen LogP contribution in [0.25, 0.3) is 11.0 Å². The summed E-state index contributed by atoms with van der Waals surface area (Å²) in [5, 5.41) is 0.879. The van der Waals surface area contributed by atoms with E-state index in [1.807, 2.05) is 24.3 Å². The van der Waals surface area contributed by atoms with Crippen LogP contribution in [0.3, 0.4) is 0 Å². The van der Waals surface area contributed by atoms with E-state index in [-0.39, 0.29) is 24.1 Å². The number of amides is 1. The lowest BCUT2D eigenvalue weighted by molar-refractivity contribution is -0.120. The minimum atomic E-state index is -0.226. The summed E-state index contributed by atoms with van der Waals surface area (Å²) in [5.74, 6) is 0.492. The number of furan rings is 1. The van der Waals surface area contributed by atoms with Gasteiger partial charge in [-0.05, 0) is 30.3 Å². The molecule has 5 heteroatoms. The van der Waals surface area contributed by atoms with Gasteiger partial charge in [0.25, 0.3) is 5.91 Å². The van der Waals surface area contributed by atoms with Gasteiger partial charge in [-0.1, -0.05) is 18.2 Å². The second kappa shape index (κ2) is 4.98. The van der Waals surface area contributed by atoms with Gasteiger partial charge in [0, 0.05) is 18.0 Å². The number of fused-ring (bicyclic) bond motifs is 2. The number of carbonyl (C=O) groups excluding carboxylic acids is 2. The number of likely N-dealkylation sites (N-methyl/N-ethyl adjacent to an activating group) is 1. The van der Waals surface area contributed by atoms with Crippen LogP contribution in [0.15, 0.2) is 52.9 Å². The van der Waals surface area contributed by atoms with E-state index in [1.165, 1.54) is 4.90 Å². The van der Waals surface area contributed by atoms with E-state index in [4.69, 9.17) is 9.15 Å². The van der Waals surface area contributed by atoms with Gasteiger partial charge in [0.05, 0.1) is 5.69 Å². The summed E-state index contributed by atoms with van der Waals surface area (Å²) >= 11 is 0. The Labute approximate surface area is 132 Å². The molecular weight excluding hydrogens is 294 g/mol. The van der Waals surface area contributed by atoms with Crippen LogP contribution in [0.2, 0.25) is 0 Å². The highest BCUT2D eigenvalue weighted by atomic mass is 16.5. The van der Waals surface area contributed by atoms with E-state index in [0.29, 0.717) is 22.6 Å². The Bertz CT molecular complexity index is 908. The van der Waals surface area contributed by atoms with Gasteiger partial charge in [-0.25, -0.2) is 0 Å². The Morgan fingerprint density at radius 3 is 2.78 bits per heavy atom. The predicted octanol–water partition coefficient (Wildman–Crippen LogP) is 3.02. The third-order valence-electron chi connectivity index (χ3n) is 3.96. The van der Waals surface area contributed by atoms with E-state index in [1.54, 1.807) is 31.3 Å². The van der Waals surface area contributed by atoms with Gasteiger partial charge in [-0.3, -0.25) is 9.59 Å². The Kier molecular flexibility index (Phi) is 2.94. The number of nitrogens with zero attached hydrogens (tertiary/aromatic N) is 1. The third-order valence-corrected chi connectivity index (χ3v) is 3.96. The first kappa shape index (κ1) is 13.6. The molecule has 0 bridgehead atoms. The molecule has 2 heterocycles. The summed E-state index contributed by atoms with van der Waals surface area (Å²) < 4.78 is 11.0. The Morgan fingerprint density at radius 2 is 1.96 bits per heavy atom. The monoisotopic (exact) mass is 307 g/mol. The van der Waals surface area contributed by atoms with Crippen LogP contribution in [0, 0.1) is 0 Å². The zero-order chi connectivity index (χ0) is 16.0. The number of hydrogen-bond donors (Lipinski definition) is 0. The van der Waals surface area contributed by atoms with E-state index < -0.39 is 0 Å². The minimum absolute atomic E-state index is 0.0143. The normalized spacial score (nSPS) is 13.8. The van der Waals surface area contributed by atoms with Crippen molar-refractivity contribution in [2.24, 2.45) is 0 Å². The van der Waals surface area contributed by atoms with Gasteiger partial charge in [-0.15, -0.1) is 0 Å². The number of benzene rings is 2. The van der Waals surface area contributed by atoms with E-state index in [0.717, 1.165) is 5.39 Å². The molecule has 0 unspecified atom stereocenters. The SMILES string of the molecule is CN1C(=O)COc2ccc(C(=O)c3cc4ccccc4o3)cc21. The molecular formula is C18H13NO4. The second-order valence-electron chi connectivity index (χ2n) is 5.40. The molecule has 0 N–H and O–H groups in total. The second-order valence-corrected chi connectivity index (χ2v) is 5.40. The molecule has 0 saturated heterocycles. The maximum atomic E-state index is 12.7. The largest absolute Gasteiger partial charge is 0.482 e. The molecule has 114 valence electrons. The molecule has 1 aliphatic rings. The van der Waals surface area contributed by atoms with Crippen molar-refractivity contribution in [1.29, 1.82) is 0 Å². The highest BCUT2D eigenvalue weighted by Gasteiger charge is 2.24. The summed E-state index contributed by atoms with van der Waals surface area (Å²) in [6.07, 6.45) is 0. The maximum Gasteiger partial charge on any atom is 0.264 e. The number of hydrogen-bond acceptors (Lipinski definition) is 4. The van der Waals surface area contributed by atoms with Crippen molar-refractivity contribution in [1.82, 2.24) is 0 Å². The Balaban J connectivity index is 1.75. The molecule has 1 aromatic heterocycles. The summed E-state index contributed by atoms with van der Waals surface area (Å²) in [4.78, 5) is 25.9. The highest BCUT2D eigenvalue weighted by Crippen LogP contribution is 2.33. The van der Waals surface area contributed by atoms with Crippen molar-refractivity contribution in [2.75, 3.05) is 18.6 Å². The first-order valence-corrected chi connectivity index (χ1v) is 7.20. The van der Waals surface area contributed by atoms with Crippen LogP contribution in [0.5, 0.6) is 5.75 Å². The molecule has 0 spiro atoms. The molecule has 5 nitrogen and oxygen atoms in total. The average Bonchev–Trinajstić information content (AvgIpc) is 3.01. The first-order valence-electron chi connectivity index (χ1n) is 7.20. The summed E-state index contributed by atoms with van der Waals surface area (Å²) in [6, 6.07) is 14.2. The fraction of sp³-hybridized carbons (Fsp3) is 0.111. The van der Waals surface area contributed by atoms with Crippen LogP contribution < -0.4 is 9.64 Å². The molecule has 23 heavy (non-hydrogen) atoms. The Morgan fingerprint density at radius 1 is 1.13 bits per heavy atom. The number of rotatable bonds is 2. The topological polar surface area (TPSA) is 59.8 Å². The smallest absolute Gasteiger partial charge is 0.264 e. The summed E-state index contributed by atoms with van der Waals surface area (Å²) in [7, 11) is 1.67. The maximum absolute atomic E-state index is 12.7. The van der Waals surface area contributed by atoms with E-state index >= 15 is 0 Å². The lowest BCUT2D eigenvalue weighted by Crippen LogP contribution is -2.35. The number of ketones is 1. The fourth-order valence-corrected chi connectivity index (χ4v) is 2.65. The zero-order valence-corrected chi connectivity index (χ0v) is 12.4. The summed E-state index contributed by atoms with van der Waals surface area (Å²) in [5.41, 5.74) is 1.71. The van der Waals surface area contributed by atoms with E-state index in [2.05, 4.69) is 0 Å².